The Morgan fingerprint density at radius 2 is 1.26 bits per heavy atom. The van der Waals surface area contributed by atoms with Gasteiger partial charge in [-0.05, 0) is 80.1 Å². The maximum Gasteiger partial charge on any atom is 0.405 e. The minimum atomic E-state index is -4.32. The van der Waals surface area contributed by atoms with E-state index in [2.05, 4.69) is 73.9 Å². The molecule has 4 rings (SSSR count). The highest BCUT2D eigenvalue weighted by Crippen LogP contribution is 2.41. The zero-order chi connectivity index (χ0) is 30.4. The van der Waals surface area contributed by atoms with Gasteiger partial charge in [-0.3, -0.25) is 0 Å². The second-order valence-electron chi connectivity index (χ2n) is 10.4. The average Bonchev–Trinajstić information content (AvgIpc) is 2.98. The first-order valence-electron chi connectivity index (χ1n) is 14.6. The van der Waals surface area contributed by atoms with Crippen LogP contribution in [0.25, 0.3) is 10.8 Å². The van der Waals surface area contributed by atoms with Gasteiger partial charge in [-0.15, -0.1) is 0 Å². The van der Waals surface area contributed by atoms with Crippen LogP contribution in [0, 0.1) is 11.3 Å². The molecule has 0 aliphatic carbocycles. The van der Waals surface area contributed by atoms with Crippen molar-refractivity contribution in [1.29, 1.82) is 5.26 Å². The minimum Gasteiger partial charge on any atom is -0.372 e. The van der Waals surface area contributed by atoms with E-state index >= 15 is 0 Å². The van der Waals surface area contributed by atoms with Crippen LogP contribution in [0.15, 0.2) is 78.9 Å². The Labute approximate surface area is 247 Å². The zero-order valence-electron chi connectivity index (χ0n) is 25.0. The van der Waals surface area contributed by atoms with Crippen molar-refractivity contribution in [3.63, 3.8) is 0 Å². The summed E-state index contributed by atoms with van der Waals surface area (Å²) in [6.07, 6.45) is -4.32. The van der Waals surface area contributed by atoms with Gasteiger partial charge in [0.05, 0.1) is 11.6 Å². The summed E-state index contributed by atoms with van der Waals surface area (Å²) >= 11 is 0. The van der Waals surface area contributed by atoms with Crippen molar-refractivity contribution >= 4 is 27.8 Å². The summed E-state index contributed by atoms with van der Waals surface area (Å²) in [7, 11) is 1.47. The molecule has 0 N–H and O–H groups in total. The predicted octanol–water partition coefficient (Wildman–Crippen LogP) is 8.58. The van der Waals surface area contributed by atoms with E-state index < -0.39 is 12.7 Å². The van der Waals surface area contributed by atoms with Crippen molar-refractivity contribution < 1.29 is 13.2 Å². The largest absolute Gasteiger partial charge is 0.405 e. The van der Waals surface area contributed by atoms with Crippen molar-refractivity contribution in [2.45, 2.75) is 39.8 Å². The van der Waals surface area contributed by atoms with Crippen molar-refractivity contribution in [2.75, 3.05) is 54.5 Å². The Morgan fingerprint density at radius 1 is 0.714 bits per heavy atom. The van der Waals surface area contributed by atoms with E-state index in [9.17, 15) is 18.4 Å². The molecule has 1 atom stereocenters. The third-order valence-electron chi connectivity index (χ3n) is 8.03. The number of hydrogen-bond acceptors (Lipinski definition) is 4. The predicted molar refractivity (Wildman–Crippen MR) is 169 cm³/mol. The maximum absolute atomic E-state index is 13.3. The molecule has 0 aliphatic heterocycles. The highest BCUT2D eigenvalue weighted by Gasteiger charge is 2.30. The van der Waals surface area contributed by atoms with E-state index in [1.165, 1.54) is 11.9 Å². The second kappa shape index (κ2) is 13.2. The minimum absolute atomic E-state index is 0.303. The first-order valence-corrected chi connectivity index (χ1v) is 14.6. The van der Waals surface area contributed by atoms with Crippen molar-refractivity contribution in [3.8, 4) is 6.07 Å². The van der Waals surface area contributed by atoms with Gasteiger partial charge in [-0.2, -0.15) is 18.4 Å². The molecule has 0 saturated heterocycles. The molecule has 0 aliphatic rings. The lowest BCUT2D eigenvalue weighted by Gasteiger charge is -2.28. The fraction of sp³-hybridized carbons (Fsp3) is 0.343. The van der Waals surface area contributed by atoms with Crippen molar-refractivity contribution in [2.24, 2.45) is 0 Å². The maximum atomic E-state index is 13.3. The van der Waals surface area contributed by atoms with Gasteiger partial charge in [0.1, 0.15) is 6.54 Å². The van der Waals surface area contributed by atoms with E-state index in [-0.39, 0.29) is 5.92 Å². The lowest BCUT2D eigenvalue weighted by atomic mass is 9.80. The van der Waals surface area contributed by atoms with Gasteiger partial charge >= 0.3 is 6.18 Å². The Kier molecular flexibility index (Phi) is 9.67. The highest BCUT2D eigenvalue weighted by atomic mass is 19.4. The van der Waals surface area contributed by atoms with Crippen molar-refractivity contribution in [3.05, 3.63) is 101 Å². The quantitative estimate of drug-likeness (QED) is 0.169. The second-order valence-corrected chi connectivity index (χ2v) is 10.4. The van der Waals surface area contributed by atoms with E-state index in [4.69, 9.17) is 0 Å². The third-order valence-corrected chi connectivity index (χ3v) is 8.03. The Hall–Kier alpha value is -4.18. The molecule has 0 amide bonds. The molecule has 0 bridgehead atoms. The zero-order valence-corrected chi connectivity index (χ0v) is 25.0. The van der Waals surface area contributed by atoms with Gasteiger partial charge in [0.15, 0.2) is 0 Å². The number of rotatable bonds is 11. The van der Waals surface area contributed by atoms with E-state index in [0.717, 1.165) is 65.0 Å². The Morgan fingerprint density at radius 3 is 1.83 bits per heavy atom. The monoisotopic (exact) mass is 572 g/mol. The highest BCUT2D eigenvalue weighted by molar-refractivity contribution is 5.97. The van der Waals surface area contributed by atoms with E-state index in [1.807, 2.05) is 42.5 Å². The number of alkyl halides is 3. The van der Waals surface area contributed by atoms with Crippen LogP contribution in [0.3, 0.4) is 0 Å². The summed E-state index contributed by atoms with van der Waals surface area (Å²) in [6, 6.07) is 28.2. The van der Waals surface area contributed by atoms with Gasteiger partial charge in [0, 0.05) is 61.6 Å². The standard InChI is InChI=1S/C35H39F3N4/c1-6-41(7-2)27-16-14-25(15-17-27)34(29-19-18-28(22-26(29)23-39)42(8-3)9-4)32-20-21-33(40(5)24-35(36,37)38)31-13-11-10-12-30(31)32/h10-22,34H,6-9,24H2,1-5H3. The average molecular weight is 573 g/mol. The van der Waals surface area contributed by atoms with Gasteiger partial charge in [-0.1, -0.05) is 48.5 Å². The van der Waals surface area contributed by atoms with Crippen LogP contribution < -0.4 is 14.7 Å². The number of nitrogens with zero attached hydrogens (tertiary/aromatic N) is 4. The van der Waals surface area contributed by atoms with Crippen LogP contribution in [0.4, 0.5) is 30.2 Å². The summed E-state index contributed by atoms with van der Waals surface area (Å²) < 4.78 is 40.0. The van der Waals surface area contributed by atoms with Crippen LogP contribution in [0.2, 0.25) is 0 Å². The molecule has 220 valence electrons. The smallest absolute Gasteiger partial charge is 0.372 e. The molecule has 0 spiro atoms. The van der Waals surface area contributed by atoms with E-state index in [0.29, 0.717) is 11.3 Å². The summed E-state index contributed by atoms with van der Waals surface area (Å²) in [4.78, 5) is 5.73. The van der Waals surface area contributed by atoms with E-state index in [1.54, 1.807) is 6.07 Å². The number of fused-ring (bicyclic) bond motifs is 1. The molecule has 1 unspecified atom stereocenters. The number of halogens is 3. The molecule has 4 aromatic carbocycles. The lowest BCUT2D eigenvalue weighted by molar-refractivity contribution is -0.119. The molecule has 0 radical (unpaired) electrons. The summed E-state index contributed by atoms with van der Waals surface area (Å²) in [5.74, 6) is -0.303. The molecular weight excluding hydrogens is 533 g/mol. The Balaban J connectivity index is 1.95. The van der Waals surface area contributed by atoms with Crippen LogP contribution in [0.5, 0.6) is 0 Å². The number of benzene rings is 4. The summed E-state index contributed by atoms with van der Waals surface area (Å²) in [5.41, 5.74) is 6.03. The normalized spacial score (nSPS) is 12.2. The number of hydrogen-bond donors (Lipinski definition) is 0. The van der Waals surface area contributed by atoms with Crippen LogP contribution >= 0.6 is 0 Å². The molecule has 0 fully saturated rings. The third kappa shape index (κ3) is 6.49. The molecule has 4 aromatic rings. The molecular formula is C35H39F3N4. The molecule has 0 heterocycles. The van der Waals surface area contributed by atoms with Crippen LogP contribution in [-0.2, 0) is 0 Å². The first kappa shape index (κ1) is 30.8. The molecule has 7 heteroatoms. The van der Waals surface area contributed by atoms with Crippen molar-refractivity contribution in [1.82, 2.24) is 0 Å². The molecule has 0 saturated carbocycles. The van der Waals surface area contributed by atoms with Crippen LogP contribution in [-0.4, -0.2) is 45.9 Å². The summed E-state index contributed by atoms with van der Waals surface area (Å²) in [6.45, 7) is 10.8. The topological polar surface area (TPSA) is 33.5 Å². The lowest BCUT2D eigenvalue weighted by Crippen LogP contribution is -2.31. The van der Waals surface area contributed by atoms with Gasteiger partial charge in [0.2, 0.25) is 0 Å². The molecule has 4 nitrogen and oxygen atoms in total. The number of nitriles is 1. The number of anilines is 3. The SMILES string of the molecule is CCN(CC)c1ccc(C(c2ccc(N(CC)CC)cc2C#N)c2ccc(N(C)CC(F)(F)F)c3ccccc23)cc1. The Bertz CT molecular complexity index is 1530. The molecule has 42 heavy (non-hydrogen) atoms. The fourth-order valence-corrected chi connectivity index (χ4v) is 5.92. The molecule has 0 aromatic heterocycles. The fourth-order valence-electron chi connectivity index (χ4n) is 5.92. The van der Waals surface area contributed by atoms with Gasteiger partial charge in [-0.25, -0.2) is 0 Å². The van der Waals surface area contributed by atoms with Gasteiger partial charge < -0.3 is 14.7 Å². The van der Waals surface area contributed by atoms with Crippen LogP contribution in [0.1, 0.15) is 55.9 Å². The van der Waals surface area contributed by atoms with Gasteiger partial charge in [0.25, 0.3) is 0 Å². The summed E-state index contributed by atoms with van der Waals surface area (Å²) in [5, 5.41) is 11.9. The first-order chi connectivity index (χ1) is 20.1.